The average Bonchev–Trinajstić information content (AvgIpc) is 2.94. The van der Waals surface area contributed by atoms with Gasteiger partial charge in [-0.25, -0.2) is 4.79 Å². The summed E-state index contributed by atoms with van der Waals surface area (Å²) in [6.07, 6.45) is 2.06. The van der Waals surface area contributed by atoms with Crippen molar-refractivity contribution in [3.8, 4) is 0 Å². The number of rotatable bonds is 5. The fourth-order valence-electron chi connectivity index (χ4n) is 2.04. The average molecular weight is 280 g/mol. The van der Waals surface area contributed by atoms with Gasteiger partial charge in [-0.15, -0.1) is 0 Å². The lowest BCUT2D eigenvalue weighted by Crippen LogP contribution is -2.45. The molecule has 1 aliphatic heterocycles. The number of amides is 1. The van der Waals surface area contributed by atoms with Crippen LogP contribution in [0.15, 0.2) is 18.3 Å². The number of carboxylic acids is 1. The van der Waals surface area contributed by atoms with Crippen molar-refractivity contribution in [2.24, 2.45) is 0 Å². The lowest BCUT2D eigenvalue weighted by molar-refractivity contribution is -0.0149. The van der Waals surface area contributed by atoms with Gasteiger partial charge >= 0.3 is 5.97 Å². The summed E-state index contributed by atoms with van der Waals surface area (Å²) in [5.41, 5.74) is -0.780. The summed E-state index contributed by atoms with van der Waals surface area (Å²) >= 11 is 0. The lowest BCUT2D eigenvalue weighted by atomic mass is 10.0. The molecule has 0 aliphatic carbocycles. The minimum atomic E-state index is -1.19. The highest BCUT2D eigenvalue weighted by Crippen LogP contribution is 2.21. The zero-order valence-electron chi connectivity index (χ0n) is 11.1. The number of carbonyl (C=O) groups excluding carboxylic acids is 1. The number of aromatic nitrogens is 1. The van der Waals surface area contributed by atoms with Crippen LogP contribution < -0.4 is 5.32 Å². The van der Waals surface area contributed by atoms with Crippen LogP contribution in [0.3, 0.4) is 0 Å². The summed E-state index contributed by atoms with van der Waals surface area (Å²) in [6, 6.07) is 2.82. The van der Waals surface area contributed by atoms with Crippen molar-refractivity contribution in [1.82, 2.24) is 10.3 Å². The summed E-state index contributed by atoms with van der Waals surface area (Å²) in [5, 5.41) is 11.7. The molecule has 1 atom stereocenters. The lowest BCUT2D eigenvalue weighted by Gasteiger charge is -2.25. The minimum absolute atomic E-state index is 0.106. The van der Waals surface area contributed by atoms with Crippen molar-refractivity contribution < 1.29 is 24.2 Å². The first-order valence-electron chi connectivity index (χ1n) is 6.17. The molecule has 0 spiro atoms. The van der Waals surface area contributed by atoms with Crippen molar-refractivity contribution in [2.75, 3.05) is 26.9 Å². The van der Waals surface area contributed by atoms with E-state index in [0.717, 1.165) is 0 Å². The number of nitrogens with zero attached hydrogens (tertiary/aromatic N) is 1. The highest BCUT2D eigenvalue weighted by Gasteiger charge is 2.35. The number of hydrogen-bond donors (Lipinski definition) is 2. The SMILES string of the molecule is COC1(CNC(=O)c2ncccc2C(=O)O)CCOC1. The van der Waals surface area contributed by atoms with E-state index < -0.39 is 17.5 Å². The number of ether oxygens (including phenoxy) is 2. The van der Waals surface area contributed by atoms with Gasteiger partial charge in [-0.2, -0.15) is 0 Å². The second-order valence-corrected chi connectivity index (χ2v) is 4.58. The topological polar surface area (TPSA) is 97.8 Å². The van der Waals surface area contributed by atoms with Crippen molar-refractivity contribution in [3.05, 3.63) is 29.6 Å². The molecule has 20 heavy (non-hydrogen) atoms. The predicted molar refractivity (Wildman–Crippen MR) is 68.7 cm³/mol. The zero-order valence-corrected chi connectivity index (χ0v) is 11.1. The summed E-state index contributed by atoms with van der Waals surface area (Å²) in [7, 11) is 1.56. The quantitative estimate of drug-likeness (QED) is 0.806. The van der Waals surface area contributed by atoms with Gasteiger partial charge in [-0.1, -0.05) is 0 Å². The van der Waals surface area contributed by atoms with Crippen LogP contribution in [-0.2, 0) is 9.47 Å². The number of methoxy groups -OCH3 is 1. The second kappa shape index (κ2) is 5.98. The number of carboxylic acid groups (broad SMARTS) is 1. The van der Waals surface area contributed by atoms with E-state index in [1.165, 1.54) is 18.3 Å². The maximum absolute atomic E-state index is 12.1. The first kappa shape index (κ1) is 14.4. The van der Waals surface area contributed by atoms with Crippen LogP contribution in [0.25, 0.3) is 0 Å². The molecule has 2 heterocycles. The molecule has 2 rings (SSSR count). The maximum Gasteiger partial charge on any atom is 0.338 e. The van der Waals surface area contributed by atoms with Gasteiger partial charge in [0.2, 0.25) is 0 Å². The van der Waals surface area contributed by atoms with E-state index in [0.29, 0.717) is 19.6 Å². The van der Waals surface area contributed by atoms with Gasteiger partial charge in [-0.05, 0) is 12.1 Å². The first-order valence-corrected chi connectivity index (χ1v) is 6.17. The summed E-state index contributed by atoms with van der Waals surface area (Å²) in [6.45, 7) is 1.23. The molecule has 0 aromatic carbocycles. The van der Waals surface area contributed by atoms with Gasteiger partial charge in [-0.3, -0.25) is 9.78 Å². The molecule has 108 valence electrons. The van der Waals surface area contributed by atoms with Gasteiger partial charge in [0.05, 0.1) is 12.2 Å². The standard InChI is InChI=1S/C13H16N2O5/c1-19-13(4-6-20-8-13)7-15-11(16)10-9(12(17)18)3-2-5-14-10/h2-3,5H,4,6-8H2,1H3,(H,15,16)(H,17,18). The van der Waals surface area contributed by atoms with Crippen LogP contribution >= 0.6 is 0 Å². The Kier molecular flexibility index (Phi) is 4.31. The highest BCUT2D eigenvalue weighted by atomic mass is 16.5. The third kappa shape index (κ3) is 2.94. The van der Waals surface area contributed by atoms with Crippen molar-refractivity contribution in [3.63, 3.8) is 0 Å². The second-order valence-electron chi connectivity index (χ2n) is 4.58. The smallest absolute Gasteiger partial charge is 0.338 e. The predicted octanol–water partition coefficient (Wildman–Crippen LogP) is 0.315. The molecule has 1 saturated heterocycles. The Labute approximate surface area is 115 Å². The maximum atomic E-state index is 12.1. The van der Waals surface area contributed by atoms with E-state index in [9.17, 15) is 9.59 Å². The molecule has 1 aromatic heterocycles. The van der Waals surface area contributed by atoms with Crippen molar-refractivity contribution in [2.45, 2.75) is 12.0 Å². The Balaban J connectivity index is 2.07. The molecule has 1 aromatic rings. The van der Waals surface area contributed by atoms with Crippen LogP contribution in [0.1, 0.15) is 27.3 Å². The molecule has 2 N–H and O–H groups in total. The number of nitrogens with one attached hydrogen (secondary N) is 1. The summed E-state index contributed by atoms with van der Waals surface area (Å²) in [4.78, 5) is 26.9. The first-order chi connectivity index (χ1) is 9.58. The molecule has 1 aliphatic rings. The minimum Gasteiger partial charge on any atom is -0.478 e. The number of pyridine rings is 1. The Morgan fingerprint density at radius 2 is 2.40 bits per heavy atom. The van der Waals surface area contributed by atoms with E-state index in [4.69, 9.17) is 14.6 Å². The fourth-order valence-corrected chi connectivity index (χ4v) is 2.04. The molecule has 0 saturated carbocycles. The third-order valence-corrected chi connectivity index (χ3v) is 3.32. The highest BCUT2D eigenvalue weighted by molar-refractivity contribution is 6.03. The summed E-state index contributed by atoms with van der Waals surface area (Å²) in [5.74, 6) is -1.72. The van der Waals surface area contributed by atoms with E-state index in [-0.39, 0.29) is 17.8 Å². The Morgan fingerprint density at radius 3 is 3.00 bits per heavy atom. The van der Waals surface area contributed by atoms with Crippen LogP contribution in [0.2, 0.25) is 0 Å². The van der Waals surface area contributed by atoms with Crippen molar-refractivity contribution >= 4 is 11.9 Å². The molecule has 0 bridgehead atoms. The van der Waals surface area contributed by atoms with Crippen LogP contribution in [0.5, 0.6) is 0 Å². The van der Waals surface area contributed by atoms with E-state index in [1.54, 1.807) is 7.11 Å². The monoisotopic (exact) mass is 280 g/mol. The third-order valence-electron chi connectivity index (χ3n) is 3.32. The van der Waals surface area contributed by atoms with Gasteiger partial charge in [0.1, 0.15) is 11.3 Å². The van der Waals surface area contributed by atoms with Crippen LogP contribution in [0, 0.1) is 0 Å². The van der Waals surface area contributed by atoms with Crippen LogP contribution in [0.4, 0.5) is 0 Å². The van der Waals surface area contributed by atoms with E-state index in [1.807, 2.05) is 0 Å². The van der Waals surface area contributed by atoms with Gasteiger partial charge in [0.15, 0.2) is 0 Å². The normalized spacial score (nSPS) is 21.6. The Morgan fingerprint density at radius 1 is 1.60 bits per heavy atom. The molecule has 1 unspecified atom stereocenters. The Hall–Kier alpha value is -1.99. The molecule has 7 nitrogen and oxygen atoms in total. The molecular formula is C13H16N2O5. The number of carbonyl (C=O) groups is 2. The van der Waals surface area contributed by atoms with E-state index in [2.05, 4.69) is 10.3 Å². The fraction of sp³-hybridized carbons (Fsp3) is 0.462. The molecular weight excluding hydrogens is 264 g/mol. The number of hydrogen-bond acceptors (Lipinski definition) is 5. The molecule has 1 fully saturated rings. The molecule has 7 heteroatoms. The largest absolute Gasteiger partial charge is 0.478 e. The Bertz CT molecular complexity index is 511. The van der Waals surface area contributed by atoms with Crippen molar-refractivity contribution in [1.29, 1.82) is 0 Å². The summed E-state index contributed by atoms with van der Waals surface area (Å²) < 4.78 is 10.7. The number of aromatic carboxylic acids is 1. The van der Waals surface area contributed by atoms with E-state index >= 15 is 0 Å². The van der Waals surface area contributed by atoms with Gasteiger partial charge in [0, 0.05) is 32.9 Å². The van der Waals surface area contributed by atoms with Gasteiger partial charge < -0.3 is 19.9 Å². The van der Waals surface area contributed by atoms with Crippen LogP contribution in [-0.4, -0.2) is 54.4 Å². The zero-order chi connectivity index (χ0) is 14.6. The molecule has 1 amide bonds. The molecule has 0 radical (unpaired) electrons. The van der Waals surface area contributed by atoms with Gasteiger partial charge in [0.25, 0.3) is 5.91 Å².